The summed E-state index contributed by atoms with van der Waals surface area (Å²) < 4.78 is 6.75. The molecule has 0 aliphatic rings. The summed E-state index contributed by atoms with van der Waals surface area (Å²) in [7, 11) is 1.61. The van der Waals surface area contributed by atoms with E-state index in [9.17, 15) is 4.79 Å². The molecular weight excluding hydrogens is 282 g/mol. The van der Waals surface area contributed by atoms with Crippen LogP contribution in [0.5, 0.6) is 5.75 Å². The van der Waals surface area contributed by atoms with Gasteiger partial charge in [0.2, 0.25) is 0 Å². The zero-order chi connectivity index (χ0) is 15.5. The molecule has 110 valence electrons. The molecule has 0 amide bonds. The van der Waals surface area contributed by atoms with E-state index in [1.165, 1.54) is 6.07 Å². The van der Waals surface area contributed by atoms with Crippen LogP contribution >= 0.6 is 0 Å². The minimum absolute atomic E-state index is 0.202. The molecule has 0 saturated carbocycles. The van der Waals surface area contributed by atoms with E-state index in [1.807, 2.05) is 24.3 Å². The second kappa shape index (κ2) is 5.69. The van der Waals surface area contributed by atoms with Gasteiger partial charge in [0.1, 0.15) is 5.75 Å². The first-order valence-corrected chi connectivity index (χ1v) is 6.58. The van der Waals surface area contributed by atoms with Crippen molar-refractivity contribution >= 4 is 5.97 Å². The minimum atomic E-state index is -0.979. The highest BCUT2D eigenvalue weighted by atomic mass is 16.5. The van der Waals surface area contributed by atoms with Gasteiger partial charge in [0.05, 0.1) is 30.3 Å². The van der Waals surface area contributed by atoms with Crippen LogP contribution < -0.4 is 4.74 Å². The maximum absolute atomic E-state index is 11.1. The summed E-state index contributed by atoms with van der Waals surface area (Å²) in [6.45, 7) is 0. The van der Waals surface area contributed by atoms with Gasteiger partial charge < -0.3 is 9.84 Å². The second-order valence-electron chi connectivity index (χ2n) is 4.62. The van der Waals surface area contributed by atoms with Crippen molar-refractivity contribution in [2.24, 2.45) is 0 Å². The Labute approximate surface area is 126 Å². The van der Waals surface area contributed by atoms with Crippen molar-refractivity contribution in [2.75, 3.05) is 7.11 Å². The van der Waals surface area contributed by atoms with Crippen LogP contribution in [0, 0.1) is 0 Å². The highest BCUT2D eigenvalue weighted by Crippen LogP contribution is 2.24. The molecule has 0 unspecified atom stereocenters. The van der Waals surface area contributed by atoms with Crippen LogP contribution in [0.3, 0.4) is 0 Å². The third-order valence-electron chi connectivity index (χ3n) is 3.27. The van der Waals surface area contributed by atoms with Crippen molar-refractivity contribution in [2.45, 2.75) is 0 Å². The molecule has 0 aliphatic carbocycles. The Hall–Kier alpha value is -3.15. The number of carboxylic acid groups (broad SMARTS) is 1. The molecule has 3 rings (SSSR count). The van der Waals surface area contributed by atoms with E-state index < -0.39 is 5.97 Å². The molecule has 0 atom stereocenters. The van der Waals surface area contributed by atoms with Gasteiger partial charge in [-0.15, -0.1) is 5.10 Å². The number of rotatable bonds is 4. The summed E-state index contributed by atoms with van der Waals surface area (Å²) in [5.41, 5.74) is 2.52. The van der Waals surface area contributed by atoms with Gasteiger partial charge in [-0.05, 0) is 42.5 Å². The van der Waals surface area contributed by atoms with Crippen LogP contribution in [0.1, 0.15) is 10.4 Å². The van der Waals surface area contributed by atoms with Crippen LogP contribution in [0.15, 0.2) is 54.7 Å². The van der Waals surface area contributed by atoms with Gasteiger partial charge in [-0.2, -0.15) is 0 Å². The topological polar surface area (TPSA) is 77.2 Å². The lowest BCUT2D eigenvalue weighted by molar-refractivity contribution is 0.0697. The molecule has 0 spiro atoms. The van der Waals surface area contributed by atoms with Gasteiger partial charge in [0.25, 0.3) is 0 Å². The summed E-state index contributed by atoms with van der Waals surface area (Å²) in [6, 6.07) is 14.1. The van der Waals surface area contributed by atoms with Crippen LogP contribution in [-0.4, -0.2) is 33.2 Å². The summed E-state index contributed by atoms with van der Waals surface area (Å²) >= 11 is 0. The molecule has 0 fully saturated rings. The van der Waals surface area contributed by atoms with Gasteiger partial charge >= 0.3 is 5.97 Å². The van der Waals surface area contributed by atoms with Gasteiger partial charge in [0.15, 0.2) is 0 Å². The van der Waals surface area contributed by atoms with Gasteiger partial charge in [-0.1, -0.05) is 11.3 Å². The van der Waals surface area contributed by atoms with Crippen molar-refractivity contribution < 1.29 is 14.6 Å². The van der Waals surface area contributed by atoms with E-state index >= 15 is 0 Å². The normalized spacial score (nSPS) is 10.4. The first kappa shape index (κ1) is 13.8. The second-order valence-corrected chi connectivity index (χ2v) is 4.62. The average Bonchev–Trinajstić information content (AvgIpc) is 3.04. The van der Waals surface area contributed by atoms with Crippen LogP contribution in [0.4, 0.5) is 0 Å². The number of hydrogen-bond acceptors (Lipinski definition) is 4. The summed E-state index contributed by atoms with van der Waals surface area (Å²) in [6.07, 6.45) is 1.63. The zero-order valence-corrected chi connectivity index (χ0v) is 11.8. The molecule has 22 heavy (non-hydrogen) atoms. The molecule has 1 heterocycles. The van der Waals surface area contributed by atoms with Gasteiger partial charge in [-0.3, -0.25) is 0 Å². The van der Waals surface area contributed by atoms with Crippen molar-refractivity contribution in [3.63, 3.8) is 0 Å². The molecule has 0 bridgehead atoms. The number of ether oxygens (including phenoxy) is 1. The molecule has 0 radical (unpaired) electrons. The molecule has 1 aromatic heterocycles. The first-order valence-electron chi connectivity index (χ1n) is 6.58. The Bertz CT molecular complexity index is 810. The van der Waals surface area contributed by atoms with Crippen LogP contribution in [-0.2, 0) is 0 Å². The summed E-state index contributed by atoms with van der Waals surface area (Å²) in [5, 5.41) is 17.1. The average molecular weight is 295 g/mol. The van der Waals surface area contributed by atoms with Crippen molar-refractivity contribution in [3.05, 3.63) is 60.3 Å². The van der Waals surface area contributed by atoms with E-state index in [0.717, 1.165) is 17.0 Å². The fourth-order valence-electron chi connectivity index (χ4n) is 2.16. The van der Waals surface area contributed by atoms with Crippen molar-refractivity contribution in [3.8, 4) is 22.7 Å². The smallest absolute Gasteiger partial charge is 0.335 e. The highest BCUT2D eigenvalue weighted by molar-refractivity contribution is 5.88. The third kappa shape index (κ3) is 2.54. The fraction of sp³-hybridized carbons (Fsp3) is 0.0625. The number of benzene rings is 2. The maximum atomic E-state index is 11.1. The van der Waals surface area contributed by atoms with E-state index in [4.69, 9.17) is 9.84 Å². The van der Waals surface area contributed by atoms with Crippen molar-refractivity contribution in [1.29, 1.82) is 0 Å². The highest BCUT2D eigenvalue weighted by Gasteiger charge is 2.11. The predicted molar refractivity (Wildman–Crippen MR) is 80.3 cm³/mol. The monoisotopic (exact) mass is 295 g/mol. The summed E-state index contributed by atoms with van der Waals surface area (Å²) in [4.78, 5) is 11.1. The molecule has 6 nitrogen and oxygen atoms in total. The zero-order valence-electron chi connectivity index (χ0n) is 11.8. The van der Waals surface area contributed by atoms with E-state index in [1.54, 1.807) is 36.2 Å². The molecule has 6 heteroatoms. The third-order valence-corrected chi connectivity index (χ3v) is 3.27. The standard InChI is InChI=1S/C16H13N3O3/c1-22-14-7-5-11(6-8-14)15-10-17-18-19(15)13-4-2-3-12(9-13)16(20)21/h2-10H,1H3,(H,20,21). The van der Waals surface area contributed by atoms with E-state index in [-0.39, 0.29) is 5.56 Å². The van der Waals surface area contributed by atoms with Crippen LogP contribution in [0.2, 0.25) is 0 Å². The van der Waals surface area contributed by atoms with E-state index in [0.29, 0.717) is 5.69 Å². The van der Waals surface area contributed by atoms with Crippen LogP contribution in [0.25, 0.3) is 16.9 Å². The number of aromatic carboxylic acids is 1. The maximum Gasteiger partial charge on any atom is 0.335 e. The number of methoxy groups -OCH3 is 1. The lowest BCUT2D eigenvalue weighted by atomic mass is 10.1. The lowest BCUT2D eigenvalue weighted by Gasteiger charge is -2.08. The Morgan fingerprint density at radius 2 is 1.95 bits per heavy atom. The van der Waals surface area contributed by atoms with E-state index in [2.05, 4.69) is 10.3 Å². The minimum Gasteiger partial charge on any atom is -0.497 e. The molecule has 1 N–H and O–H groups in total. The number of carbonyl (C=O) groups is 1. The largest absolute Gasteiger partial charge is 0.497 e. The number of aromatic nitrogens is 3. The summed E-state index contributed by atoms with van der Waals surface area (Å²) in [5.74, 6) is -0.219. The molecule has 3 aromatic rings. The quantitative estimate of drug-likeness (QED) is 0.800. The molecule has 2 aromatic carbocycles. The Kier molecular flexibility index (Phi) is 3.57. The SMILES string of the molecule is COc1ccc(-c2cnnn2-c2cccc(C(=O)O)c2)cc1. The Morgan fingerprint density at radius 3 is 2.64 bits per heavy atom. The molecular formula is C16H13N3O3. The lowest BCUT2D eigenvalue weighted by Crippen LogP contribution is -2.02. The van der Waals surface area contributed by atoms with Crippen molar-refractivity contribution in [1.82, 2.24) is 15.0 Å². The molecule has 0 saturated heterocycles. The Morgan fingerprint density at radius 1 is 1.18 bits per heavy atom. The first-order chi connectivity index (χ1) is 10.7. The number of nitrogens with zero attached hydrogens (tertiary/aromatic N) is 3. The number of hydrogen-bond donors (Lipinski definition) is 1. The number of carboxylic acids is 1. The van der Waals surface area contributed by atoms with Gasteiger partial charge in [0, 0.05) is 5.56 Å². The van der Waals surface area contributed by atoms with Gasteiger partial charge in [-0.25, -0.2) is 9.48 Å². The Balaban J connectivity index is 2.04. The molecule has 0 aliphatic heterocycles. The fourth-order valence-corrected chi connectivity index (χ4v) is 2.16. The predicted octanol–water partition coefficient (Wildman–Crippen LogP) is 2.64.